The van der Waals surface area contributed by atoms with E-state index < -0.39 is 17.9 Å². The lowest BCUT2D eigenvalue weighted by Crippen LogP contribution is -2.23. The van der Waals surface area contributed by atoms with Gasteiger partial charge in [0.1, 0.15) is 4.88 Å². The SMILES string of the molecule is COC(=O)C(c1ccccc1)n1c(O)c(C2=c3ccccc3=NC2=O)sc1=S. The number of carbonyl (C=O) groups excluding carboxylic acids is 2. The van der Waals surface area contributed by atoms with Crippen LogP contribution in [-0.4, -0.2) is 28.7 Å². The molecule has 2 aromatic carbocycles. The highest BCUT2D eigenvalue weighted by molar-refractivity contribution is 7.73. The standard InChI is InChI=1S/C20H14N2O4S2/c1-26-19(25)15(11-7-3-2-4-8-11)22-18(24)16(28-20(22)27)14-12-9-5-6-10-13(12)21-17(14)23/h2-10,15,24H,1H3. The molecule has 0 aliphatic carbocycles. The van der Waals surface area contributed by atoms with Crippen LogP contribution in [0.3, 0.4) is 0 Å². The molecule has 28 heavy (non-hydrogen) atoms. The summed E-state index contributed by atoms with van der Waals surface area (Å²) in [6, 6.07) is 15.0. The van der Waals surface area contributed by atoms with E-state index in [2.05, 4.69) is 4.99 Å². The Labute approximate surface area is 168 Å². The highest BCUT2D eigenvalue weighted by Gasteiger charge is 2.31. The molecule has 0 saturated carbocycles. The molecule has 0 saturated heterocycles. The molecule has 0 radical (unpaired) electrons. The lowest BCUT2D eigenvalue weighted by molar-refractivity contribution is -0.143. The van der Waals surface area contributed by atoms with E-state index in [0.29, 0.717) is 16.1 Å². The highest BCUT2D eigenvalue weighted by atomic mass is 32.1. The second-order valence-electron chi connectivity index (χ2n) is 6.04. The van der Waals surface area contributed by atoms with Gasteiger partial charge in [-0.3, -0.25) is 9.36 Å². The predicted molar refractivity (Wildman–Crippen MR) is 106 cm³/mol. The highest BCUT2D eigenvalue weighted by Crippen LogP contribution is 2.37. The number of methoxy groups -OCH3 is 1. The third kappa shape index (κ3) is 2.87. The number of aromatic nitrogens is 1. The lowest BCUT2D eigenvalue weighted by atomic mass is 10.1. The van der Waals surface area contributed by atoms with E-state index in [-0.39, 0.29) is 20.3 Å². The van der Waals surface area contributed by atoms with Gasteiger partial charge >= 0.3 is 5.97 Å². The van der Waals surface area contributed by atoms with Gasteiger partial charge in [0, 0.05) is 5.22 Å². The number of fused-ring (bicyclic) bond motifs is 1. The van der Waals surface area contributed by atoms with E-state index in [9.17, 15) is 14.7 Å². The molecule has 1 unspecified atom stereocenters. The summed E-state index contributed by atoms with van der Waals surface area (Å²) in [5.74, 6) is -1.28. The van der Waals surface area contributed by atoms with Gasteiger partial charge in [-0.25, -0.2) is 9.79 Å². The van der Waals surface area contributed by atoms with Crippen LogP contribution in [0, 0.1) is 3.95 Å². The molecule has 6 nitrogen and oxygen atoms in total. The smallest absolute Gasteiger partial charge is 0.333 e. The molecule has 1 N–H and O–H groups in total. The van der Waals surface area contributed by atoms with Gasteiger partial charge in [0.15, 0.2) is 10.00 Å². The lowest BCUT2D eigenvalue weighted by Gasteiger charge is -2.17. The molecule has 2 heterocycles. The number of rotatable bonds is 4. The average molecular weight is 410 g/mol. The normalized spacial score (nSPS) is 13.8. The Morgan fingerprint density at radius 2 is 1.86 bits per heavy atom. The molecule has 1 aromatic heterocycles. The number of amides is 1. The van der Waals surface area contributed by atoms with Gasteiger partial charge < -0.3 is 9.84 Å². The van der Waals surface area contributed by atoms with Crippen LogP contribution in [0.4, 0.5) is 0 Å². The molecule has 140 valence electrons. The first-order valence-corrected chi connectivity index (χ1v) is 9.55. The summed E-state index contributed by atoms with van der Waals surface area (Å²) in [7, 11) is 1.27. The Kier molecular flexibility index (Phi) is 4.66. The summed E-state index contributed by atoms with van der Waals surface area (Å²) >= 11 is 6.49. The minimum absolute atomic E-state index is 0.247. The first kappa shape index (κ1) is 18.3. The summed E-state index contributed by atoms with van der Waals surface area (Å²) in [5.41, 5.74) is 0.887. The number of aromatic hydroxyl groups is 1. The fourth-order valence-electron chi connectivity index (χ4n) is 3.19. The number of nitrogens with zero attached hydrogens (tertiary/aromatic N) is 2. The van der Waals surface area contributed by atoms with E-state index in [0.717, 1.165) is 11.3 Å². The maximum Gasteiger partial charge on any atom is 0.333 e. The molecule has 1 amide bonds. The number of benzene rings is 2. The minimum Gasteiger partial charge on any atom is -0.493 e. The van der Waals surface area contributed by atoms with Gasteiger partial charge in [-0.1, -0.05) is 48.5 Å². The number of thiazole rings is 1. The third-order valence-corrected chi connectivity index (χ3v) is 5.86. The number of hydrogen-bond donors (Lipinski definition) is 1. The number of hydrogen-bond acceptors (Lipinski definition) is 6. The van der Waals surface area contributed by atoms with Crippen molar-refractivity contribution in [2.24, 2.45) is 4.99 Å². The Bertz CT molecular complexity index is 1280. The quantitative estimate of drug-likeness (QED) is 0.526. The van der Waals surface area contributed by atoms with Crippen LogP contribution in [0.25, 0.3) is 5.57 Å². The van der Waals surface area contributed by atoms with E-state index in [1.807, 2.05) is 6.07 Å². The van der Waals surface area contributed by atoms with Gasteiger partial charge in [0.2, 0.25) is 5.88 Å². The number of carbonyl (C=O) groups is 2. The third-order valence-electron chi connectivity index (χ3n) is 4.45. The summed E-state index contributed by atoms with van der Waals surface area (Å²) in [6.45, 7) is 0. The van der Waals surface area contributed by atoms with Crippen LogP contribution in [0.1, 0.15) is 16.5 Å². The Morgan fingerprint density at radius 3 is 2.57 bits per heavy atom. The second kappa shape index (κ2) is 7.14. The van der Waals surface area contributed by atoms with Crippen molar-refractivity contribution in [3.05, 3.63) is 79.6 Å². The van der Waals surface area contributed by atoms with Gasteiger partial charge in [0.25, 0.3) is 5.91 Å². The van der Waals surface area contributed by atoms with Crippen LogP contribution in [0.2, 0.25) is 0 Å². The number of esters is 1. The largest absolute Gasteiger partial charge is 0.493 e. The van der Waals surface area contributed by atoms with Gasteiger partial charge in [-0.15, -0.1) is 11.3 Å². The predicted octanol–water partition coefficient (Wildman–Crippen LogP) is 2.11. The maximum atomic E-state index is 12.5. The number of ether oxygens (including phenoxy) is 1. The first-order chi connectivity index (χ1) is 13.5. The minimum atomic E-state index is -0.965. The molecule has 0 spiro atoms. The van der Waals surface area contributed by atoms with E-state index in [4.69, 9.17) is 17.0 Å². The van der Waals surface area contributed by atoms with Crippen molar-refractivity contribution in [1.29, 1.82) is 0 Å². The average Bonchev–Trinajstić information content (AvgIpc) is 3.18. The Morgan fingerprint density at radius 1 is 1.18 bits per heavy atom. The molecule has 1 atom stereocenters. The first-order valence-electron chi connectivity index (χ1n) is 8.32. The molecular formula is C20H14N2O4S2. The number of para-hydroxylation sites is 1. The van der Waals surface area contributed by atoms with Gasteiger partial charge in [-0.05, 0) is 23.8 Å². The van der Waals surface area contributed by atoms with Crippen LogP contribution in [-0.2, 0) is 14.3 Å². The summed E-state index contributed by atoms with van der Waals surface area (Å²) in [6.07, 6.45) is 0. The summed E-state index contributed by atoms with van der Waals surface area (Å²) < 4.78 is 6.50. The Balaban J connectivity index is 1.97. The fourth-order valence-corrected chi connectivity index (χ4v) is 4.58. The van der Waals surface area contributed by atoms with Crippen molar-refractivity contribution in [3.8, 4) is 5.88 Å². The van der Waals surface area contributed by atoms with Crippen molar-refractivity contribution >= 4 is 41.0 Å². The van der Waals surface area contributed by atoms with Crippen molar-refractivity contribution < 1.29 is 19.4 Å². The molecule has 1 aliphatic rings. The van der Waals surface area contributed by atoms with E-state index in [1.54, 1.807) is 48.5 Å². The van der Waals surface area contributed by atoms with Gasteiger partial charge in [0.05, 0.1) is 18.0 Å². The Hall–Kier alpha value is -3.10. The molecule has 3 aromatic rings. The monoisotopic (exact) mass is 410 g/mol. The second-order valence-corrected chi connectivity index (χ2v) is 7.68. The fraction of sp³-hybridized carbons (Fsp3) is 0.100. The zero-order chi connectivity index (χ0) is 19.8. The van der Waals surface area contributed by atoms with Crippen LogP contribution < -0.4 is 10.6 Å². The molecule has 8 heteroatoms. The van der Waals surface area contributed by atoms with E-state index >= 15 is 0 Å². The van der Waals surface area contributed by atoms with Gasteiger partial charge in [-0.2, -0.15) is 0 Å². The van der Waals surface area contributed by atoms with Crippen molar-refractivity contribution in [3.63, 3.8) is 0 Å². The molecule has 0 fully saturated rings. The maximum absolute atomic E-state index is 12.5. The molecule has 0 bridgehead atoms. The topological polar surface area (TPSA) is 80.9 Å². The molecule has 4 rings (SSSR count). The van der Waals surface area contributed by atoms with Crippen molar-refractivity contribution in [2.45, 2.75) is 6.04 Å². The van der Waals surface area contributed by atoms with Crippen LogP contribution in [0.15, 0.2) is 59.6 Å². The zero-order valence-electron chi connectivity index (χ0n) is 14.7. The molecule has 1 aliphatic heterocycles. The summed E-state index contributed by atoms with van der Waals surface area (Å²) in [5, 5.41) is 12.1. The van der Waals surface area contributed by atoms with Crippen LogP contribution >= 0.6 is 23.6 Å². The molecular weight excluding hydrogens is 396 g/mol. The van der Waals surface area contributed by atoms with E-state index in [1.165, 1.54) is 11.7 Å². The zero-order valence-corrected chi connectivity index (χ0v) is 16.3. The van der Waals surface area contributed by atoms with Crippen molar-refractivity contribution in [2.75, 3.05) is 7.11 Å². The summed E-state index contributed by atoms with van der Waals surface area (Å²) in [4.78, 5) is 29.3. The van der Waals surface area contributed by atoms with Crippen molar-refractivity contribution in [1.82, 2.24) is 4.57 Å². The van der Waals surface area contributed by atoms with Crippen LogP contribution in [0.5, 0.6) is 5.88 Å².